The van der Waals surface area contributed by atoms with Crippen LogP contribution < -0.4 is 0 Å². The van der Waals surface area contributed by atoms with Crippen molar-refractivity contribution in [3.63, 3.8) is 0 Å². The third kappa shape index (κ3) is 3.00. The van der Waals surface area contributed by atoms with Crippen molar-refractivity contribution in [2.75, 3.05) is 6.26 Å². The molecule has 2 aromatic heterocycles. The van der Waals surface area contributed by atoms with Gasteiger partial charge in [-0.1, -0.05) is 66.7 Å². The van der Waals surface area contributed by atoms with Crippen molar-refractivity contribution in [1.29, 1.82) is 0 Å². The average molecular weight is 398 g/mol. The van der Waals surface area contributed by atoms with Crippen molar-refractivity contribution in [1.82, 2.24) is 9.38 Å². The molecule has 0 spiro atoms. The lowest BCUT2D eigenvalue weighted by Gasteiger charge is -2.06. The second kappa shape index (κ2) is 6.57. The number of hydrogen-bond donors (Lipinski definition) is 0. The second-order valence-electron chi connectivity index (χ2n) is 7.07. The summed E-state index contributed by atoms with van der Waals surface area (Å²) in [4.78, 5) is 5.29. The standard InChI is InChI=1S/C24H18N2O2S/c1-29(27,28)20-13-11-18(12-14-20)22-23-21-10-6-5-7-17(21)15-16-26(23)24(25-22)19-8-3-2-4-9-19/h2-16H,1H3. The fourth-order valence-corrected chi connectivity index (χ4v) is 4.33. The Labute approximate surface area is 169 Å². The van der Waals surface area contributed by atoms with Crippen LogP contribution in [-0.4, -0.2) is 24.1 Å². The van der Waals surface area contributed by atoms with Gasteiger partial charge < -0.3 is 0 Å². The fourth-order valence-electron chi connectivity index (χ4n) is 3.70. The van der Waals surface area contributed by atoms with E-state index in [2.05, 4.69) is 22.6 Å². The molecule has 0 bridgehead atoms. The van der Waals surface area contributed by atoms with Crippen molar-refractivity contribution in [2.45, 2.75) is 4.90 Å². The first-order valence-corrected chi connectivity index (χ1v) is 11.2. The summed E-state index contributed by atoms with van der Waals surface area (Å²) in [5, 5.41) is 2.24. The molecule has 0 N–H and O–H groups in total. The largest absolute Gasteiger partial charge is 0.298 e. The summed E-state index contributed by atoms with van der Waals surface area (Å²) in [6.45, 7) is 0. The maximum atomic E-state index is 11.8. The molecular formula is C24H18N2O2S. The van der Waals surface area contributed by atoms with Crippen molar-refractivity contribution in [3.8, 4) is 22.6 Å². The normalized spacial score (nSPS) is 11.9. The summed E-state index contributed by atoms with van der Waals surface area (Å²) in [6.07, 6.45) is 3.26. The zero-order valence-electron chi connectivity index (χ0n) is 15.8. The molecule has 0 aliphatic heterocycles. The summed E-state index contributed by atoms with van der Waals surface area (Å²) in [6, 6.07) is 27.3. The molecule has 5 rings (SSSR count). The van der Waals surface area contributed by atoms with Gasteiger partial charge in [-0.2, -0.15) is 0 Å². The molecule has 3 aromatic carbocycles. The van der Waals surface area contributed by atoms with E-state index in [4.69, 9.17) is 4.98 Å². The molecule has 0 aliphatic carbocycles. The Balaban J connectivity index is 1.84. The van der Waals surface area contributed by atoms with Crippen LogP contribution in [0.1, 0.15) is 0 Å². The average Bonchev–Trinajstić information content (AvgIpc) is 3.14. The van der Waals surface area contributed by atoms with Gasteiger partial charge in [0.25, 0.3) is 0 Å². The summed E-state index contributed by atoms with van der Waals surface area (Å²) >= 11 is 0. The van der Waals surface area contributed by atoms with Crippen LogP contribution in [0.4, 0.5) is 0 Å². The van der Waals surface area contributed by atoms with Gasteiger partial charge in [0.05, 0.1) is 16.1 Å². The lowest BCUT2D eigenvalue weighted by Crippen LogP contribution is -1.96. The molecule has 5 aromatic rings. The predicted octanol–water partition coefficient (Wildman–Crippen LogP) is 5.23. The fraction of sp³-hybridized carbons (Fsp3) is 0.0417. The number of hydrogen-bond acceptors (Lipinski definition) is 3. The smallest absolute Gasteiger partial charge is 0.175 e. The summed E-state index contributed by atoms with van der Waals surface area (Å²) in [5.74, 6) is 0.855. The van der Waals surface area contributed by atoms with Gasteiger partial charge in [-0.15, -0.1) is 0 Å². The maximum absolute atomic E-state index is 11.8. The van der Waals surface area contributed by atoms with E-state index in [1.807, 2.05) is 60.8 Å². The van der Waals surface area contributed by atoms with E-state index in [0.29, 0.717) is 4.90 Å². The van der Waals surface area contributed by atoms with Gasteiger partial charge in [0.15, 0.2) is 9.84 Å². The molecule has 0 radical (unpaired) electrons. The van der Waals surface area contributed by atoms with Crippen molar-refractivity contribution >= 4 is 26.1 Å². The van der Waals surface area contributed by atoms with Gasteiger partial charge in [0.1, 0.15) is 5.82 Å². The molecular weight excluding hydrogens is 380 g/mol. The van der Waals surface area contributed by atoms with Crippen LogP contribution in [0.25, 0.3) is 38.9 Å². The van der Waals surface area contributed by atoms with Gasteiger partial charge in [0, 0.05) is 29.0 Å². The Kier molecular flexibility index (Phi) is 4.00. The molecule has 142 valence electrons. The SMILES string of the molecule is CS(=O)(=O)c1ccc(-c2nc(-c3ccccc3)n3ccc4ccccc4c23)cc1. The number of nitrogens with zero attached hydrogens (tertiary/aromatic N) is 2. The Bertz CT molecular complexity index is 1450. The monoisotopic (exact) mass is 398 g/mol. The Morgan fingerprint density at radius 2 is 1.45 bits per heavy atom. The van der Waals surface area contributed by atoms with E-state index < -0.39 is 9.84 Å². The number of aromatic nitrogens is 2. The summed E-state index contributed by atoms with van der Waals surface area (Å²) in [7, 11) is -3.24. The lowest BCUT2D eigenvalue weighted by atomic mass is 10.1. The molecule has 0 fully saturated rings. The van der Waals surface area contributed by atoms with E-state index >= 15 is 0 Å². The van der Waals surface area contributed by atoms with E-state index in [1.165, 1.54) is 6.26 Å². The summed E-state index contributed by atoms with van der Waals surface area (Å²) < 4.78 is 25.8. The van der Waals surface area contributed by atoms with Crippen LogP contribution in [0.3, 0.4) is 0 Å². The zero-order chi connectivity index (χ0) is 20.0. The first-order chi connectivity index (χ1) is 14.0. The van der Waals surface area contributed by atoms with Crippen molar-refractivity contribution in [2.24, 2.45) is 0 Å². The highest BCUT2D eigenvalue weighted by molar-refractivity contribution is 7.90. The summed E-state index contributed by atoms with van der Waals surface area (Å²) in [5.41, 5.74) is 3.75. The second-order valence-corrected chi connectivity index (χ2v) is 9.08. The molecule has 5 heteroatoms. The minimum atomic E-state index is -3.24. The topological polar surface area (TPSA) is 51.4 Å². The van der Waals surface area contributed by atoms with Gasteiger partial charge in [0.2, 0.25) is 0 Å². The Morgan fingerprint density at radius 1 is 0.759 bits per heavy atom. The molecule has 0 amide bonds. The minimum absolute atomic E-state index is 0.304. The van der Waals surface area contributed by atoms with Gasteiger partial charge >= 0.3 is 0 Å². The number of imidazole rings is 1. The molecule has 0 aliphatic rings. The number of pyridine rings is 1. The number of rotatable bonds is 3. The Morgan fingerprint density at radius 3 is 2.17 bits per heavy atom. The molecule has 0 unspecified atom stereocenters. The number of benzene rings is 3. The molecule has 29 heavy (non-hydrogen) atoms. The molecule has 4 nitrogen and oxygen atoms in total. The zero-order valence-corrected chi connectivity index (χ0v) is 16.6. The van der Waals surface area contributed by atoms with Crippen LogP contribution in [0.15, 0.2) is 96.0 Å². The number of sulfone groups is 1. The van der Waals surface area contributed by atoms with E-state index in [-0.39, 0.29) is 0 Å². The van der Waals surface area contributed by atoms with Crippen LogP contribution in [-0.2, 0) is 9.84 Å². The Hall–Kier alpha value is -3.44. The van der Waals surface area contributed by atoms with E-state index in [0.717, 1.165) is 38.9 Å². The third-order valence-electron chi connectivity index (χ3n) is 5.12. The van der Waals surface area contributed by atoms with Crippen molar-refractivity contribution < 1.29 is 8.42 Å². The van der Waals surface area contributed by atoms with E-state index in [1.54, 1.807) is 12.1 Å². The van der Waals surface area contributed by atoms with Crippen LogP contribution in [0.5, 0.6) is 0 Å². The van der Waals surface area contributed by atoms with Crippen LogP contribution in [0.2, 0.25) is 0 Å². The maximum Gasteiger partial charge on any atom is 0.175 e. The first kappa shape index (κ1) is 17.6. The first-order valence-electron chi connectivity index (χ1n) is 9.28. The van der Waals surface area contributed by atoms with Crippen LogP contribution in [0, 0.1) is 0 Å². The predicted molar refractivity (Wildman–Crippen MR) is 117 cm³/mol. The highest BCUT2D eigenvalue weighted by atomic mass is 32.2. The van der Waals surface area contributed by atoms with Crippen LogP contribution >= 0.6 is 0 Å². The highest BCUT2D eigenvalue weighted by Gasteiger charge is 2.17. The van der Waals surface area contributed by atoms with Gasteiger partial charge in [-0.05, 0) is 23.6 Å². The molecule has 0 atom stereocenters. The molecule has 0 saturated carbocycles. The molecule has 0 saturated heterocycles. The third-order valence-corrected chi connectivity index (χ3v) is 6.25. The highest BCUT2D eigenvalue weighted by Crippen LogP contribution is 2.34. The minimum Gasteiger partial charge on any atom is -0.298 e. The van der Waals surface area contributed by atoms with E-state index in [9.17, 15) is 8.42 Å². The quantitative estimate of drug-likeness (QED) is 0.418. The van der Waals surface area contributed by atoms with Gasteiger partial charge in [-0.3, -0.25) is 4.40 Å². The number of fused-ring (bicyclic) bond motifs is 3. The molecule has 2 heterocycles. The lowest BCUT2D eigenvalue weighted by molar-refractivity contribution is 0.602. The van der Waals surface area contributed by atoms with Gasteiger partial charge in [-0.25, -0.2) is 13.4 Å². The van der Waals surface area contributed by atoms with Crippen molar-refractivity contribution in [3.05, 3.63) is 91.1 Å².